The summed E-state index contributed by atoms with van der Waals surface area (Å²) in [6.07, 6.45) is 3.21. The number of morpholine rings is 1. The quantitative estimate of drug-likeness (QED) is 0.755. The molecule has 1 amide bonds. The predicted octanol–water partition coefficient (Wildman–Crippen LogP) is 3.49. The highest BCUT2D eigenvalue weighted by molar-refractivity contribution is 5.92. The van der Waals surface area contributed by atoms with Gasteiger partial charge < -0.3 is 20.1 Å². The SMILES string of the molecule is CCCC(O)(CCC)CC(=O)Nc1ccc(N2CCOCC2)cc1C. The summed E-state index contributed by atoms with van der Waals surface area (Å²) in [4.78, 5) is 14.7. The minimum atomic E-state index is -0.894. The van der Waals surface area contributed by atoms with Crippen LogP contribution in [0.3, 0.4) is 0 Å². The van der Waals surface area contributed by atoms with Gasteiger partial charge in [0.25, 0.3) is 0 Å². The number of hydrogen-bond acceptors (Lipinski definition) is 4. The van der Waals surface area contributed by atoms with Gasteiger partial charge >= 0.3 is 0 Å². The Hall–Kier alpha value is -1.59. The van der Waals surface area contributed by atoms with Gasteiger partial charge in [0, 0.05) is 24.5 Å². The van der Waals surface area contributed by atoms with Gasteiger partial charge in [0.15, 0.2) is 0 Å². The molecular formula is C20H32N2O3. The van der Waals surface area contributed by atoms with E-state index in [0.717, 1.165) is 56.1 Å². The number of hydrogen-bond donors (Lipinski definition) is 2. The number of aliphatic hydroxyl groups is 1. The van der Waals surface area contributed by atoms with Crippen LogP contribution in [0, 0.1) is 6.92 Å². The van der Waals surface area contributed by atoms with Crippen molar-refractivity contribution in [3.8, 4) is 0 Å². The minimum Gasteiger partial charge on any atom is -0.389 e. The van der Waals surface area contributed by atoms with E-state index in [0.29, 0.717) is 12.8 Å². The normalized spacial score (nSPS) is 15.3. The van der Waals surface area contributed by atoms with Crippen molar-refractivity contribution in [1.82, 2.24) is 0 Å². The van der Waals surface area contributed by atoms with Gasteiger partial charge in [-0.2, -0.15) is 0 Å². The zero-order valence-corrected chi connectivity index (χ0v) is 15.8. The van der Waals surface area contributed by atoms with Gasteiger partial charge in [0.05, 0.1) is 25.2 Å². The van der Waals surface area contributed by atoms with Crippen LogP contribution in [0.15, 0.2) is 18.2 Å². The topological polar surface area (TPSA) is 61.8 Å². The summed E-state index contributed by atoms with van der Waals surface area (Å²) < 4.78 is 5.39. The fraction of sp³-hybridized carbons (Fsp3) is 0.650. The molecule has 0 bridgehead atoms. The molecule has 0 saturated carbocycles. The van der Waals surface area contributed by atoms with Crippen LogP contribution in [-0.2, 0) is 9.53 Å². The third-order valence-corrected chi connectivity index (χ3v) is 4.78. The van der Waals surface area contributed by atoms with Gasteiger partial charge in [-0.3, -0.25) is 4.79 Å². The van der Waals surface area contributed by atoms with Crippen LogP contribution in [0.1, 0.15) is 51.5 Å². The third-order valence-electron chi connectivity index (χ3n) is 4.78. The molecule has 1 aromatic rings. The van der Waals surface area contributed by atoms with Crippen molar-refractivity contribution in [2.24, 2.45) is 0 Å². The Labute approximate surface area is 151 Å². The highest BCUT2D eigenvalue weighted by Crippen LogP contribution is 2.26. The zero-order valence-electron chi connectivity index (χ0n) is 15.8. The average molecular weight is 348 g/mol. The molecule has 0 radical (unpaired) electrons. The Balaban J connectivity index is 2.00. The molecule has 0 atom stereocenters. The van der Waals surface area contributed by atoms with Crippen molar-refractivity contribution in [3.05, 3.63) is 23.8 Å². The monoisotopic (exact) mass is 348 g/mol. The Morgan fingerprint density at radius 1 is 1.24 bits per heavy atom. The Morgan fingerprint density at radius 3 is 2.44 bits per heavy atom. The largest absolute Gasteiger partial charge is 0.389 e. The van der Waals surface area contributed by atoms with E-state index >= 15 is 0 Å². The lowest BCUT2D eigenvalue weighted by Gasteiger charge is -2.29. The van der Waals surface area contributed by atoms with Crippen molar-refractivity contribution in [2.75, 3.05) is 36.5 Å². The maximum absolute atomic E-state index is 12.4. The van der Waals surface area contributed by atoms with E-state index < -0.39 is 5.60 Å². The number of rotatable bonds is 8. The van der Waals surface area contributed by atoms with Crippen LogP contribution in [0.25, 0.3) is 0 Å². The Kier molecular flexibility index (Phi) is 7.26. The molecule has 0 spiro atoms. The number of carbonyl (C=O) groups is 1. The second-order valence-corrected chi connectivity index (χ2v) is 7.05. The molecule has 0 unspecified atom stereocenters. The second kappa shape index (κ2) is 9.20. The first-order valence-electron chi connectivity index (χ1n) is 9.43. The smallest absolute Gasteiger partial charge is 0.227 e. The molecule has 1 heterocycles. The van der Waals surface area contributed by atoms with Gasteiger partial charge in [-0.1, -0.05) is 26.7 Å². The molecule has 2 rings (SSSR count). The molecule has 1 aliphatic heterocycles. The second-order valence-electron chi connectivity index (χ2n) is 7.05. The maximum Gasteiger partial charge on any atom is 0.227 e. The molecule has 1 fully saturated rings. The highest BCUT2D eigenvalue weighted by atomic mass is 16.5. The minimum absolute atomic E-state index is 0.119. The van der Waals surface area contributed by atoms with E-state index in [2.05, 4.69) is 16.3 Å². The fourth-order valence-electron chi connectivity index (χ4n) is 3.53. The average Bonchev–Trinajstić information content (AvgIpc) is 2.57. The van der Waals surface area contributed by atoms with Crippen LogP contribution in [0.4, 0.5) is 11.4 Å². The number of aryl methyl sites for hydroxylation is 1. The number of amides is 1. The number of nitrogens with one attached hydrogen (secondary N) is 1. The number of nitrogens with zero attached hydrogens (tertiary/aromatic N) is 1. The summed E-state index contributed by atoms with van der Waals surface area (Å²) in [7, 11) is 0. The van der Waals surface area contributed by atoms with E-state index in [1.807, 2.05) is 32.9 Å². The fourth-order valence-corrected chi connectivity index (χ4v) is 3.53. The molecule has 1 aliphatic rings. The zero-order chi connectivity index (χ0) is 18.3. The Morgan fingerprint density at radius 2 is 1.88 bits per heavy atom. The van der Waals surface area contributed by atoms with Crippen LogP contribution in [0.5, 0.6) is 0 Å². The molecule has 140 valence electrons. The predicted molar refractivity (Wildman–Crippen MR) is 102 cm³/mol. The standard InChI is InChI=1S/C20H32N2O3/c1-4-8-20(24,9-5-2)15-19(23)21-18-7-6-17(14-16(18)3)22-10-12-25-13-11-22/h6-7,14,24H,4-5,8-13,15H2,1-3H3,(H,21,23). The number of benzene rings is 1. The summed E-state index contributed by atoms with van der Waals surface area (Å²) in [5.41, 5.74) is 2.12. The summed E-state index contributed by atoms with van der Waals surface area (Å²) >= 11 is 0. The summed E-state index contributed by atoms with van der Waals surface area (Å²) in [6, 6.07) is 6.10. The van der Waals surface area contributed by atoms with E-state index in [1.165, 1.54) is 0 Å². The van der Waals surface area contributed by atoms with Crippen molar-refractivity contribution in [1.29, 1.82) is 0 Å². The summed E-state index contributed by atoms with van der Waals surface area (Å²) in [5, 5.41) is 13.6. The Bertz CT molecular complexity index is 562. The summed E-state index contributed by atoms with van der Waals surface area (Å²) in [5.74, 6) is -0.119. The van der Waals surface area contributed by atoms with E-state index in [4.69, 9.17) is 4.74 Å². The first kappa shape index (κ1) is 19.7. The maximum atomic E-state index is 12.4. The van der Waals surface area contributed by atoms with Crippen molar-refractivity contribution < 1.29 is 14.6 Å². The van der Waals surface area contributed by atoms with Gasteiger partial charge in [0.2, 0.25) is 5.91 Å². The molecule has 1 aromatic carbocycles. The van der Waals surface area contributed by atoms with Gasteiger partial charge in [-0.25, -0.2) is 0 Å². The number of anilines is 2. The molecule has 1 saturated heterocycles. The van der Waals surface area contributed by atoms with Crippen molar-refractivity contribution >= 4 is 17.3 Å². The number of ether oxygens (including phenoxy) is 1. The van der Waals surface area contributed by atoms with Crippen LogP contribution in [-0.4, -0.2) is 42.9 Å². The van der Waals surface area contributed by atoms with Crippen molar-refractivity contribution in [2.45, 2.75) is 58.5 Å². The lowest BCUT2D eigenvalue weighted by molar-refractivity contribution is -0.121. The van der Waals surface area contributed by atoms with E-state index in [1.54, 1.807) is 0 Å². The molecule has 2 N–H and O–H groups in total. The van der Waals surface area contributed by atoms with E-state index in [-0.39, 0.29) is 12.3 Å². The lowest BCUT2D eigenvalue weighted by atomic mass is 9.89. The molecule has 5 heteroatoms. The molecule has 0 aliphatic carbocycles. The first-order valence-corrected chi connectivity index (χ1v) is 9.43. The number of carbonyl (C=O) groups excluding carboxylic acids is 1. The van der Waals surface area contributed by atoms with Gasteiger partial charge in [0.1, 0.15) is 0 Å². The molecular weight excluding hydrogens is 316 g/mol. The first-order chi connectivity index (χ1) is 12.0. The van der Waals surface area contributed by atoms with Crippen LogP contribution in [0.2, 0.25) is 0 Å². The third kappa shape index (κ3) is 5.72. The molecule has 0 aromatic heterocycles. The lowest BCUT2D eigenvalue weighted by Crippen LogP contribution is -2.36. The van der Waals surface area contributed by atoms with Crippen LogP contribution >= 0.6 is 0 Å². The molecule has 5 nitrogen and oxygen atoms in total. The van der Waals surface area contributed by atoms with E-state index in [9.17, 15) is 9.90 Å². The van der Waals surface area contributed by atoms with Gasteiger partial charge in [-0.15, -0.1) is 0 Å². The van der Waals surface area contributed by atoms with Gasteiger partial charge in [-0.05, 0) is 43.5 Å². The highest BCUT2D eigenvalue weighted by Gasteiger charge is 2.28. The van der Waals surface area contributed by atoms with Crippen molar-refractivity contribution in [3.63, 3.8) is 0 Å². The van der Waals surface area contributed by atoms with Crippen LogP contribution < -0.4 is 10.2 Å². The molecule has 25 heavy (non-hydrogen) atoms. The summed E-state index contributed by atoms with van der Waals surface area (Å²) in [6.45, 7) is 9.37.